The van der Waals surface area contributed by atoms with Crippen molar-refractivity contribution in [2.75, 3.05) is 0 Å². The minimum absolute atomic E-state index is 0.0242. The van der Waals surface area contributed by atoms with Crippen LogP contribution in [0.4, 0.5) is 0 Å². The van der Waals surface area contributed by atoms with Crippen LogP contribution in [0, 0.1) is 0 Å². The Bertz CT molecular complexity index is 611. The number of rotatable bonds is 4. The molecule has 4 heteroatoms. The highest BCUT2D eigenvalue weighted by molar-refractivity contribution is 9.10. The molecule has 1 amide bonds. The molecule has 0 saturated heterocycles. The van der Waals surface area contributed by atoms with Gasteiger partial charge in [-0.1, -0.05) is 36.4 Å². The second-order valence-electron chi connectivity index (χ2n) is 4.36. The van der Waals surface area contributed by atoms with Gasteiger partial charge in [0, 0.05) is 6.08 Å². The molecule has 0 aliphatic rings. The molecule has 1 unspecified atom stereocenters. The summed E-state index contributed by atoms with van der Waals surface area (Å²) >= 11 is 3.29. The molecule has 0 fully saturated rings. The Morgan fingerprint density at radius 2 is 1.95 bits per heavy atom. The minimum atomic E-state index is -0.136. The maximum Gasteiger partial charge on any atom is 0.244 e. The van der Waals surface area contributed by atoms with Crippen molar-refractivity contribution in [3.05, 3.63) is 70.5 Å². The van der Waals surface area contributed by atoms with E-state index in [0.29, 0.717) is 0 Å². The van der Waals surface area contributed by atoms with E-state index in [1.807, 2.05) is 55.5 Å². The Balaban J connectivity index is 1.96. The summed E-state index contributed by atoms with van der Waals surface area (Å²) in [7, 11) is 0. The van der Waals surface area contributed by atoms with Crippen LogP contribution in [0.3, 0.4) is 0 Å². The predicted octanol–water partition coefficient (Wildman–Crippen LogP) is 3.73. The standard InChI is InChI=1S/C16H15BrN2O/c1-12(13-6-3-2-4-7-13)18-16(20)11-10-14-8-5-9-15(17)19-14/h2-12H,1H3,(H,18,20). The molecule has 0 bridgehead atoms. The summed E-state index contributed by atoms with van der Waals surface area (Å²) in [5.41, 5.74) is 1.82. The van der Waals surface area contributed by atoms with E-state index in [-0.39, 0.29) is 11.9 Å². The van der Waals surface area contributed by atoms with Crippen molar-refractivity contribution in [2.45, 2.75) is 13.0 Å². The van der Waals surface area contributed by atoms with Gasteiger partial charge in [-0.05, 0) is 46.6 Å². The van der Waals surface area contributed by atoms with Crippen LogP contribution in [0.2, 0.25) is 0 Å². The molecule has 2 rings (SSSR count). The summed E-state index contributed by atoms with van der Waals surface area (Å²) in [5.74, 6) is -0.136. The summed E-state index contributed by atoms with van der Waals surface area (Å²) in [5, 5.41) is 2.92. The molecule has 1 heterocycles. The minimum Gasteiger partial charge on any atom is -0.346 e. The van der Waals surface area contributed by atoms with Crippen molar-refractivity contribution in [1.29, 1.82) is 0 Å². The largest absolute Gasteiger partial charge is 0.346 e. The average Bonchev–Trinajstić information content (AvgIpc) is 2.46. The lowest BCUT2D eigenvalue weighted by Crippen LogP contribution is -2.24. The van der Waals surface area contributed by atoms with Gasteiger partial charge in [-0.15, -0.1) is 0 Å². The van der Waals surface area contributed by atoms with E-state index in [2.05, 4.69) is 26.2 Å². The number of hydrogen-bond donors (Lipinski definition) is 1. The van der Waals surface area contributed by atoms with Crippen molar-refractivity contribution in [3.8, 4) is 0 Å². The van der Waals surface area contributed by atoms with Crippen molar-refractivity contribution in [2.24, 2.45) is 0 Å². The van der Waals surface area contributed by atoms with Crippen LogP contribution in [-0.4, -0.2) is 10.9 Å². The Morgan fingerprint density at radius 3 is 2.65 bits per heavy atom. The molecule has 0 aliphatic heterocycles. The monoisotopic (exact) mass is 330 g/mol. The molecule has 1 aromatic carbocycles. The van der Waals surface area contributed by atoms with Crippen molar-refractivity contribution >= 4 is 27.9 Å². The number of nitrogens with one attached hydrogen (secondary N) is 1. The van der Waals surface area contributed by atoms with Crippen LogP contribution in [0.5, 0.6) is 0 Å². The summed E-state index contributed by atoms with van der Waals surface area (Å²) in [4.78, 5) is 16.1. The molecule has 0 spiro atoms. The number of carbonyl (C=O) groups excluding carboxylic acids is 1. The van der Waals surface area contributed by atoms with Gasteiger partial charge in [0.05, 0.1) is 11.7 Å². The second-order valence-corrected chi connectivity index (χ2v) is 5.17. The van der Waals surface area contributed by atoms with E-state index in [1.165, 1.54) is 6.08 Å². The van der Waals surface area contributed by atoms with Gasteiger partial charge in [-0.3, -0.25) is 4.79 Å². The van der Waals surface area contributed by atoms with Gasteiger partial charge < -0.3 is 5.32 Å². The first-order valence-corrected chi connectivity index (χ1v) is 7.10. The van der Waals surface area contributed by atoms with Crippen LogP contribution in [0.25, 0.3) is 6.08 Å². The van der Waals surface area contributed by atoms with Gasteiger partial charge >= 0.3 is 0 Å². The van der Waals surface area contributed by atoms with Gasteiger partial charge in [0.15, 0.2) is 0 Å². The Labute approximate surface area is 126 Å². The first-order chi connectivity index (χ1) is 9.65. The molecule has 1 N–H and O–H groups in total. The van der Waals surface area contributed by atoms with Crippen LogP contribution >= 0.6 is 15.9 Å². The zero-order valence-corrected chi connectivity index (χ0v) is 12.7. The van der Waals surface area contributed by atoms with Gasteiger partial charge in [-0.25, -0.2) is 4.98 Å². The van der Waals surface area contributed by atoms with Gasteiger partial charge in [0.25, 0.3) is 0 Å². The third kappa shape index (κ3) is 4.31. The number of amides is 1. The summed E-state index contributed by atoms with van der Waals surface area (Å²) in [6.45, 7) is 1.96. The van der Waals surface area contributed by atoms with Crippen LogP contribution in [0.1, 0.15) is 24.2 Å². The van der Waals surface area contributed by atoms with E-state index < -0.39 is 0 Å². The molecule has 0 saturated carbocycles. The molecular formula is C16H15BrN2O. The first-order valence-electron chi connectivity index (χ1n) is 6.31. The topological polar surface area (TPSA) is 42.0 Å². The number of aromatic nitrogens is 1. The SMILES string of the molecule is CC(NC(=O)C=Cc1cccc(Br)n1)c1ccccc1. The quantitative estimate of drug-likeness (QED) is 0.685. The highest BCUT2D eigenvalue weighted by Crippen LogP contribution is 2.11. The number of halogens is 1. The van der Waals surface area contributed by atoms with Crippen molar-refractivity contribution < 1.29 is 4.79 Å². The predicted molar refractivity (Wildman–Crippen MR) is 84.0 cm³/mol. The number of nitrogens with zero attached hydrogens (tertiary/aromatic N) is 1. The van der Waals surface area contributed by atoms with Crippen LogP contribution in [0.15, 0.2) is 59.2 Å². The van der Waals surface area contributed by atoms with E-state index in [0.717, 1.165) is 15.9 Å². The molecule has 2 aromatic rings. The number of carbonyl (C=O) groups is 1. The maximum atomic E-state index is 11.8. The van der Waals surface area contributed by atoms with E-state index in [9.17, 15) is 4.79 Å². The molecular weight excluding hydrogens is 316 g/mol. The van der Waals surface area contributed by atoms with E-state index in [4.69, 9.17) is 0 Å². The third-order valence-corrected chi connectivity index (χ3v) is 3.24. The Morgan fingerprint density at radius 1 is 1.20 bits per heavy atom. The van der Waals surface area contributed by atoms with Gasteiger partial charge in [0.2, 0.25) is 5.91 Å². The zero-order valence-electron chi connectivity index (χ0n) is 11.1. The van der Waals surface area contributed by atoms with Crippen LogP contribution < -0.4 is 5.32 Å². The highest BCUT2D eigenvalue weighted by Gasteiger charge is 2.06. The van der Waals surface area contributed by atoms with Crippen molar-refractivity contribution in [3.63, 3.8) is 0 Å². The van der Waals surface area contributed by atoms with Crippen molar-refractivity contribution in [1.82, 2.24) is 10.3 Å². The second kappa shape index (κ2) is 7.01. The lowest BCUT2D eigenvalue weighted by molar-refractivity contribution is -0.117. The molecule has 1 aromatic heterocycles. The maximum absolute atomic E-state index is 11.8. The van der Waals surface area contributed by atoms with Crippen LogP contribution in [-0.2, 0) is 4.79 Å². The highest BCUT2D eigenvalue weighted by atomic mass is 79.9. The summed E-state index contributed by atoms with van der Waals surface area (Å²) in [6, 6.07) is 15.4. The van der Waals surface area contributed by atoms with Gasteiger partial charge in [0.1, 0.15) is 4.60 Å². The Kier molecular flexibility index (Phi) is 5.07. The summed E-state index contributed by atoms with van der Waals surface area (Å²) < 4.78 is 0.748. The van der Waals surface area contributed by atoms with Gasteiger partial charge in [-0.2, -0.15) is 0 Å². The number of hydrogen-bond acceptors (Lipinski definition) is 2. The lowest BCUT2D eigenvalue weighted by atomic mass is 10.1. The fraction of sp³-hybridized carbons (Fsp3) is 0.125. The fourth-order valence-electron chi connectivity index (χ4n) is 1.76. The molecule has 0 aliphatic carbocycles. The Hall–Kier alpha value is -1.94. The summed E-state index contributed by atoms with van der Waals surface area (Å²) in [6.07, 6.45) is 3.19. The molecule has 102 valence electrons. The third-order valence-electron chi connectivity index (χ3n) is 2.80. The molecule has 0 radical (unpaired) electrons. The smallest absolute Gasteiger partial charge is 0.244 e. The van der Waals surface area contributed by atoms with E-state index in [1.54, 1.807) is 6.08 Å². The fourth-order valence-corrected chi connectivity index (χ4v) is 2.12. The first kappa shape index (κ1) is 14.5. The lowest BCUT2D eigenvalue weighted by Gasteiger charge is -2.12. The number of benzene rings is 1. The molecule has 1 atom stereocenters. The normalized spacial score (nSPS) is 12.3. The number of pyridine rings is 1. The average molecular weight is 331 g/mol. The molecule has 3 nitrogen and oxygen atoms in total. The zero-order chi connectivity index (χ0) is 14.4. The molecule has 20 heavy (non-hydrogen) atoms. The van der Waals surface area contributed by atoms with E-state index >= 15 is 0 Å².